The molecule has 3 N–H and O–H groups in total. The van der Waals surface area contributed by atoms with Crippen molar-refractivity contribution in [3.8, 4) is 11.5 Å². The second-order valence-corrected chi connectivity index (χ2v) is 11.2. The van der Waals surface area contributed by atoms with Crippen molar-refractivity contribution >= 4 is 11.9 Å². The van der Waals surface area contributed by atoms with Crippen LogP contribution in [-0.4, -0.2) is 33.7 Å². The van der Waals surface area contributed by atoms with E-state index in [1.807, 2.05) is 12.1 Å². The Bertz CT molecular complexity index is 962. The molecule has 3 rings (SSSR count). The number of carbonyl (C=O) groups is 2. The second-order valence-electron chi connectivity index (χ2n) is 11.2. The summed E-state index contributed by atoms with van der Waals surface area (Å²) in [5.41, 5.74) is 1.85. The highest BCUT2D eigenvalue weighted by Crippen LogP contribution is 2.55. The lowest BCUT2D eigenvalue weighted by atomic mass is 9.66. The van der Waals surface area contributed by atoms with Gasteiger partial charge in [0.25, 0.3) is 0 Å². The first kappa shape index (κ1) is 26.1. The molecule has 188 valence electrons. The highest BCUT2D eigenvalue weighted by atomic mass is 16.5. The fourth-order valence-corrected chi connectivity index (χ4v) is 5.46. The van der Waals surface area contributed by atoms with E-state index in [1.165, 1.54) is 26.2 Å². The van der Waals surface area contributed by atoms with Gasteiger partial charge in [-0.05, 0) is 63.1 Å². The molecule has 1 aromatic carbocycles. The Morgan fingerprint density at radius 3 is 2.59 bits per heavy atom. The van der Waals surface area contributed by atoms with E-state index in [0.29, 0.717) is 24.2 Å². The third-order valence-corrected chi connectivity index (χ3v) is 7.75. The lowest BCUT2D eigenvalue weighted by molar-refractivity contribution is -0.140. The fraction of sp³-hybridized carbons (Fsp3) is 0.643. The van der Waals surface area contributed by atoms with E-state index in [-0.39, 0.29) is 28.9 Å². The molecule has 1 unspecified atom stereocenters. The molecule has 0 spiro atoms. The number of benzene rings is 1. The number of phenols is 1. The zero-order chi connectivity index (χ0) is 25.3. The van der Waals surface area contributed by atoms with Crippen LogP contribution in [0.15, 0.2) is 23.8 Å². The standard InChI is InChI=1S/C28H41NO5/c1-7-8-9-10-13-27(3,4)19-15-22(30)24-20-14-18(25(31)29-17(2)26(32)33)11-12-21(20)28(5,6)34-23(24)16-19/h11,15-17,20-21,30H,7-10,12-14H2,1-6H3,(H,29,31)(H,32,33)/t17-,20-,21?/m1/s1. The number of amides is 1. The van der Waals surface area contributed by atoms with Crippen LogP contribution in [0.3, 0.4) is 0 Å². The Morgan fingerprint density at radius 1 is 1.24 bits per heavy atom. The minimum Gasteiger partial charge on any atom is -0.508 e. The van der Waals surface area contributed by atoms with Crippen LogP contribution in [0.4, 0.5) is 0 Å². The molecule has 0 aromatic heterocycles. The lowest BCUT2D eigenvalue weighted by Crippen LogP contribution is -2.47. The molecule has 6 heteroatoms. The number of aliphatic carboxylic acids is 1. The summed E-state index contributed by atoms with van der Waals surface area (Å²) in [5.74, 6) is -0.478. The minimum atomic E-state index is -1.07. The minimum absolute atomic E-state index is 0.0775. The van der Waals surface area contributed by atoms with Gasteiger partial charge in [-0.1, -0.05) is 52.5 Å². The fourth-order valence-electron chi connectivity index (χ4n) is 5.46. The van der Waals surface area contributed by atoms with Gasteiger partial charge in [-0.15, -0.1) is 0 Å². The zero-order valence-electron chi connectivity index (χ0n) is 21.5. The number of fused-ring (bicyclic) bond motifs is 3. The summed E-state index contributed by atoms with van der Waals surface area (Å²) in [6.07, 6.45) is 8.80. The quantitative estimate of drug-likeness (QED) is 0.394. The Balaban J connectivity index is 1.90. The van der Waals surface area contributed by atoms with E-state index in [9.17, 15) is 14.7 Å². The Kier molecular flexibility index (Phi) is 7.69. The molecular weight excluding hydrogens is 430 g/mol. The van der Waals surface area contributed by atoms with Gasteiger partial charge >= 0.3 is 5.97 Å². The van der Waals surface area contributed by atoms with Crippen molar-refractivity contribution in [2.75, 3.05) is 0 Å². The van der Waals surface area contributed by atoms with Gasteiger partial charge in [-0.25, -0.2) is 0 Å². The Hall–Kier alpha value is -2.50. The molecule has 6 nitrogen and oxygen atoms in total. The highest BCUT2D eigenvalue weighted by Gasteiger charge is 2.47. The van der Waals surface area contributed by atoms with Crippen LogP contribution in [0, 0.1) is 5.92 Å². The first-order valence-electron chi connectivity index (χ1n) is 12.7. The SMILES string of the molecule is CCCCCCC(C)(C)c1cc(O)c2c(c1)OC(C)(C)C1CC=C(C(=O)N[C@H](C)C(=O)O)C[C@@H]21. The smallest absolute Gasteiger partial charge is 0.325 e. The summed E-state index contributed by atoms with van der Waals surface area (Å²) in [6, 6.07) is 3.00. The number of aromatic hydroxyl groups is 1. The third kappa shape index (κ3) is 5.42. The molecule has 1 aliphatic heterocycles. The summed E-state index contributed by atoms with van der Waals surface area (Å²) >= 11 is 0. The highest BCUT2D eigenvalue weighted by molar-refractivity contribution is 5.96. The van der Waals surface area contributed by atoms with Gasteiger partial charge in [-0.3, -0.25) is 9.59 Å². The average molecular weight is 472 g/mol. The van der Waals surface area contributed by atoms with E-state index in [4.69, 9.17) is 9.84 Å². The second kappa shape index (κ2) is 10.0. The third-order valence-electron chi connectivity index (χ3n) is 7.75. The number of phenolic OH excluding ortho intramolecular Hbond substituents is 1. The summed E-state index contributed by atoms with van der Waals surface area (Å²) in [7, 11) is 0. The maximum absolute atomic E-state index is 12.7. The molecule has 3 atom stereocenters. The number of hydrogen-bond acceptors (Lipinski definition) is 4. The van der Waals surface area contributed by atoms with Crippen LogP contribution in [0.5, 0.6) is 11.5 Å². The van der Waals surface area contributed by atoms with Crippen LogP contribution in [0.25, 0.3) is 0 Å². The number of unbranched alkanes of at least 4 members (excludes halogenated alkanes) is 3. The van der Waals surface area contributed by atoms with Gasteiger partial charge < -0.3 is 20.3 Å². The molecule has 0 saturated heterocycles. The molecule has 34 heavy (non-hydrogen) atoms. The zero-order valence-corrected chi connectivity index (χ0v) is 21.5. The van der Waals surface area contributed by atoms with Crippen molar-refractivity contribution in [3.63, 3.8) is 0 Å². The number of carbonyl (C=O) groups excluding carboxylic acids is 1. The summed E-state index contributed by atoms with van der Waals surface area (Å²) in [6.45, 7) is 12.2. The number of nitrogens with one attached hydrogen (secondary N) is 1. The Morgan fingerprint density at radius 2 is 1.94 bits per heavy atom. The topological polar surface area (TPSA) is 95.9 Å². The lowest BCUT2D eigenvalue weighted by Gasteiger charge is -2.47. The predicted molar refractivity (Wildman–Crippen MR) is 133 cm³/mol. The first-order valence-corrected chi connectivity index (χ1v) is 12.7. The van der Waals surface area contributed by atoms with Crippen molar-refractivity contribution in [3.05, 3.63) is 34.9 Å². The molecule has 2 aliphatic rings. The number of hydrogen-bond donors (Lipinski definition) is 3. The summed E-state index contributed by atoms with van der Waals surface area (Å²) in [4.78, 5) is 23.9. The average Bonchev–Trinajstić information content (AvgIpc) is 2.75. The van der Waals surface area contributed by atoms with Crippen LogP contribution in [-0.2, 0) is 15.0 Å². The van der Waals surface area contributed by atoms with Crippen molar-refractivity contribution in [2.24, 2.45) is 5.92 Å². The maximum atomic E-state index is 12.7. The van der Waals surface area contributed by atoms with Crippen LogP contribution >= 0.6 is 0 Å². The first-order chi connectivity index (χ1) is 15.9. The number of ether oxygens (including phenoxy) is 1. The van der Waals surface area contributed by atoms with Crippen molar-refractivity contribution < 1.29 is 24.5 Å². The predicted octanol–water partition coefficient (Wildman–Crippen LogP) is 5.82. The number of carboxylic acid groups (broad SMARTS) is 1. The van der Waals surface area contributed by atoms with Crippen LogP contribution < -0.4 is 10.1 Å². The molecular formula is C28H41NO5. The molecule has 1 amide bonds. The number of rotatable bonds is 9. The molecule has 0 saturated carbocycles. The molecule has 0 fully saturated rings. The molecule has 0 bridgehead atoms. The monoisotopic (exact) mass is 471 g/mol. The molecule has 1 aromatic rings. The maximum Gasteiger partial charge on any atom is 0.325 e. The van der Waals surface area contributed by atoms with Crippen LogP contribution in [0.1, 0.15) is 104 Å². The van der Waals surface area contributed by atoms with Gasteiger partial charge in [0, 0.05) is 23.0 Å². The number of allylic oxidation sites excluding steroid dienone is 1. The van der Waals surface area contributed by atoms with Gasteiger partial charge in [0.2, 0.25) is 5.91 Å². The summed E-state index contributed by atoms with van der Waals surface area (Å²) in [5, 5.41) is 22.9. The summed E-state index contributed by atoms with van der Waals surface area (Å²) < 4.78 is 6.47. The van der Waals surface area contributed by atoms with Gasteiger partial charge in [0.15, 0.2) is 0 Å². The largest absolute Gasteiger partial charge is 0.508 e. The Labute approximate surface area is 203 Å². The molecule has 1 aliphatic carbocycles. The molecule has 1 heterocycles. The van der Waals surface area contributed by atoms with E-state index < -0.39 is 17.6 Å². The number of carboxylic acids is 1. The van der Waals surface area contributed by atoms with Gasteiger partial charge in [-0.2, -0.15) is 0 Å². The van der Waals surface area contributed by atoms with E-state index in [2.05, 4.69) is 46.0 Å². The van der Waals surface area contributed by atoms with Crippen molar-refractivity contribution in [1.29, 1.82) is 0 Å². The van der Waals surface area contributed by atoms with Gasteiger partial charge in [0.1, 0.15) is 23.1 Å². The van der Waals surface area contributed by atoms with Gasteiger partial charge in [0.05, 0.1) is 0 Å². The normalized spacial score (nSPS) is 22.0. The molecule has 0 radical (unpaired) electrons. The van der Waals surface area contributed by atoms with E-state index in [0.717, 1.165) is 24.0 Å². The van der Waals surface area contributed by atoms with E-state index in [1.54, 1.807) is 0 Å². The van der Waals surface area contributed by atoms with Crippen molar-refractivity contribution in [1.82, 2.24) is 5.32 Å². The van der Waals surface area contributed by atoms with Crippen molar-refractivity contribution in [2.45, 2.75) is 109 Å². The van der Waals surface area contributed by atoms with Crippen LogP contribution in [0.2, 0.25) is 0 Å². The van der Waals surface area contributed by atoms with E-state index >= 15 is 0 Å².